The summed E-state index contributed by atoms with van der Waals surface area (Å²) in [5.74, 6) is -0.649. The molecule has 29 heavy (non-hydrogen) atoms. The van der Waals surface area contributed by atoms with Crippen LogP contribution in [0.15, 0.2) is 66.7 Å². The molecule has 0 spiro atoms. The summed E-state index contributed by atoms with van der Waals surface area (Å²) in [6, 6.07) is 16.9. The van der Waals surface area contributed by atoms with E-state index >= 15 is 0 Å². The molecule has 146 valence electrons. The first kappa shape index (κ1) is 19.4. The van der Waals surface area contributed by atoms with E-state index < -0.39 is 17.6 Å². The molecule has 0 bridgehead atoms. The third-order valence-corrected chi connectivity index (χ3v) is 5.52. The second kappa shape index (κ2) is 7.50. The van der Waals surface area contributed by atoms with Crippen LogP contribution in [0.1, 0.15) is 15.9 Å². The molecule has 2 heterocycles. The van der Waals surface area contributed by atoms with Crippen molar-refractivity contribution in [3.8, 4) is 10.6 Å². The van der Waals surface area contributed by atoms with Gasteiger partial charge in [-0.15, -0.1) is 11.3 Å². The fourth-order valence-corrected chi connectivity index (χ4v) is 3.97. The van der Waals surface area contributed by atoms with Gasteiger partial charge < -0.3 is 5.32 Å². The van der Waals surface area contributed by atoms with Gasteiger partial charge in [-0.3, -0.25) is 4.79 Å². The van der Waals surface area contributed by atoms with Gasteiger partial charge in [0.2, 0.25) is 0 Å². The first-order valence-corrected chi connectivity index (χ1v) is 9.65. The summed E-state index contributed by atoms with van der Waals surface area (Å²) in [5, 5.41) is 2.94. The Hall–Kier alpha value is -2.90. The molecule has 2 aromatic heterocycles. The zero-order chi connectivity index (χ0) is 20.6. The summed E-state index contributed by atoms with van der Waals surface area (Å²) in [4.78, 5) is 18.3. The van der Waals surface area contributed by atoms with Crippen molar-refractivity contribution in [3.05, 3.63) is 82.2 Å². The molecule has 0 aliphatic carbocycles. The summed E-state index contributed by atoms with van der Waals surface area (Å²) in [6.07, 6.45) is -4.58. The number of halogens is 4. The largest absolute Gasteiger partial charge is 0.418 e. The van der Waals surface area contributed by atoms with Gasteiger partial charge in [0, 0.05) is 5.39 Å². The lowest BCUT2D eigenvalue weighted by Gasteiger charge is -2.14. The highest BCUT2D eigenvalue weighted by Crippen LogP contribution is 2.36. The van der Waals surface area contributed by atoms with Crippen molar-refractivity contribution < 1.29 is 18.0 Å². The Morgan fingerprint density at radius 3 is 2.45 bits per heavy atom. The van der Waals surface area contributed by atoms with Gasteiger partial charge in [0.25, 0.3) is 5.91 Å². The first-order valence-electron chi connectivity index (χ1n) is 8.46. The smallest absolute Gasteiger partial charge is 0.321 e. The number of hydrogen-bond donors (Lipinski definition) is 1. The Morgan fingerprint density at radius 2 is 1.72 bits per heavy atom. The summed E-state index contributed by atoms with van der Waals surface area (Å²) >= 11 is 7.31. The molecule has 2 aromatic carbocycles. The van der Waals surface area contributed by atoms with Crippen molar-refractivity contribution in [3.63, 3.8) is 0 Å². The lowest BCUT2D eigenvalue weighted by molar-refractivity contribution is -0.136. The standard InChI is InChI=1S/C21H12ClF3N2OS/c22-19-10-9-18(29-19)17-11-13(12-5-1-3-7-15(12)26-17)20(28)27-16-8-4-2-6-14(16)21(23,24)25/h1-11H,(H,27,28). The lowest BCUT2D eigenvalue weighted by atomic mass is 10.1. The van der Waals surface area contributed by atoms with Gasteiger partial charge in [0.05, 0.1) is 37.2 Å². The van der Waals surface area contributed by atoms with E-state index in [4.69, 9.17) is 11.6 Å². The average Bonchev–Trinajstić information content (AvgIpc) is 3.13. The monoisotopic (exact) mass is 432 g/mol. The van der Waals surface area contributed by atoms with Crippen molar-refractivity contribution in [2.45, 2.75) is 6.18 Å². The van der Waals surface area contributed by atoms with Crippen LogP contribution in [0.4, 0.5) is 18.9 Å². The zero-order valence-electron chi connectivity index (χ0n) is 14.6. The summed E-state index contributed by atoms with van der Waals surface area (Å²) in [5.41, 5.74) is 0.106. The van der Waals surface area contributed by atoms with Gasteiger partial charge in [0.15, 0.2) is 0 Å². The van der Waals surface area contributed by atoms with Gasteiger partial charge in [-0.25, -0.2) is 4.98 Å². The number of amides is 1. The number of anilines is 1. The van der Waals surface area contributed by atoms with Crippen LogP contribution in [0.2, 0.25) is 4.34 Å². The van der Waals surface area contributed by atoms with E-state index in [-0.39, 0.29) is 11.3 Å². The molecule has 1 N–H and O–H groups in total. The predicted octanol–water partition coefficient (Wildman–Crippen LogP) is 6.89. The number of thiophene rings is 1. The van der Waals surface area contributed by atoms with Crippen LogP contribution in [0.3, 0.4) is 0 Å². The minimum absolute atomic E-state index is 0.229. The van der Waals surface area contributed by atoms with Crippen molar-refractivity contribution in [2.24, 2.45) is 0 Å². The molecule has 3 nitrogen and oxygen atoms in total. The lowest BCUT2D eigenvalue weighted by Crippen LogP contribution is -2.17. The number of pyridine rings is 1. The molecule has 4 rings (SSSR count). The van der Waals surface area contributed by atoms with Crippen LogP contribution in [0.25, 0.3) is 21.5 Å². The number of rotatable bonds is 3. The van der Waals surface area contributed by atoms with Crippen LogP contribution in [-0.4, -0.2) is 10.9 Å². The highest BCUT2D eigenvalue weighted by molar-refractivity contribution is 7.19. The van der Waals surface area contributed by atoms with Crippen molar-refractivity contribution in [2.75, 3.05) is 5.32 Å². The van der Waals surface area contributed by atoms with Crippen molar-refractivity contribution in [1.82, 2.24) is 4.98 Å². The summed E-state index contributed by atoms with van der Waals surface area (Å²) < 4.78 is 40.4. The van der Waals surface area contributed by atoms with Gasteiger partial charge in [-0.1, -0.05) is 41.9 Å². The van der Waals surface area contributed by atoms with E-state index in [0.29, 0.717) is 20.9 Å². The second-order valence-corrected chi connectivity index (χ2v) is 7.89. The minimum Gasteiger partial charge on any atom is -0.321 e. The SMILES string of the molecule is O=C(Nc1ccccc1C(F)(F)F)c1cc(-c2ccc(Cl)s2)nc2ccccc12. The second-order valence-electron chi connectivity index (χ2n) is 6.17. The Morgan fingerprint density at radius 1 is 1.00 bits per heavy atom. The highest BCUT2D eigenvalue weighted by atomic mass is 35.5. The predicted molar refractivity (Wildman–Crippen MR) is 109 cm³/mol. The summed E-state index contributed by atoms with van der Waals surface area (Å²) in [6.45, 7) is 0. The maximum Gasteiger partial charge on any atom is 0.418 e. The normalized spacial score (nSPS) is 11.6. The Balaban J connectivity index is 1.80. The number of hydrogen-bond acceptors (Lipinski definition) is 3. The van der Waals surface area contributed by atoms with Crippen LogP contribution in [0.5, 0.6) is 0 Å². The molecular formula is C21H12ClF3N2OS. The third-order valence-electron chi connectivity index (χ3n) is 4.27. The maximum absolute atomic E-state index is 13.3. The number of carbonyl (C=O) groups excluding carboxylic acids is 1. The zero-order valence-corrected chi connectivity index (χ0v) is 16.2. The molecule has 0 saturated heterocycles. The minimum atomic E-state index is -4.58. The van der Waals surface area contributed by atoms with E-state index in [2.05, 4.69) is 10.3 Å². The molecular weight excluding hydrogens is 421 g/mol. The molecule has 0 saturated carbocycles. The topological polar surface area (TPSA) is 42.0 Å². The number of alkyl halides is 3. The van der Waals surface area contributed by atoms with Crippen molar-refractivity contribution >= 4 is 45.4 Å². The number of nitrogens with one attached hydrogen (secondary N) is 1. The molecule has 1 amide bonds. The molecule has 8 heteroatoms. The van der Waals surface area contributed by atoms with E-state index in [0.717, 1.165) is 10.9 Å². The third kappa shape index (κ3) is 3.97. The van der Waals surface area contributed by atoms with Crippen LogP contribution in [0, 0.1) is 0 Å². The molecule has 0 aliphatic heterocycles. The maximum atomic E-state index is 13.3. The van der Waals surface area contributed by atoms with E-state index in [1.807, 2.05) is 0 Å². The number of carbonyl (C=O) groups is 1. The molecule has 0 fully saturated rings. The molecule has 0 radical (unpaired) electrons. The van der Waals surface area contributed by atoms with Crippen molar-refractivity contribution in [1.29, 1.82) is 0 Å². The number of fused-ring (bicyclic) bond motifs is 1. The van der Waals surface area contributed by atoms with E-state index in [9.17, 15) is 18.0 Å². The quantitative estimate of drug-likeness (QED) is 0.383. The van der Waals surface area contributed by atoms with Gasteiger partial charge in [-0.05, 0) is 36.4 Å². The van der Waals surface area contributed by atoms with E-state index in [1.54, 1.807) is 42.5 Å². The number of para-hydroxylation sites is 2. The number of benzene rings is 2. The van der Waals surface area contributed by atoms with Gasteiger partial charge in [-0.2, -0.15) is 13.2 Å². The van der Waals surface area contributed by atoms with Gasteiger partial charge >= 0.3 is 6.18 Å². The summed E-state index contributed by atoms with van der Waals surface area (Å²) in [7, 11) is 0. The molecule has 4 aromatic rings. The Bertz CT molecular complexity index is 1220. The highest BCUT2D eigenvalue weighted by Gasteiger charge is 2.33. The van der Waals surface area contributed by atoms with Crippen LogP contribution in [-0.2, 0) is 6.18 Å². The average molecular weight is 433 g/mol. The van der Waals surface area contributed by atoms with Crippen LogP contribution < -0.4 is 5.32 Å². The Labute approximate surface area is 172 Å². The molecule has 0 atom stereocenters. The van der Waals surface area contributed by atoms with E-state index in [1.165, 1.54) is 29.5 Å². The fourth-order valence-electron chi connectivity index (χ4n) is 2.97. The van der Waals surface area contributed by atoms with Gasteiger partial charge in [0.1, 0.15) is 0 Å². The fraction of sp³-hybridized carbons (Fsp3) is 0.0476. The number of nitrogens with zero attached hydrogens (tertiary/aromatic N) is 1. The number of aromatic nitrogens is 1. The van der Waals surface area contributed by atoms with Crippen LogP contribution >= 0.6 is 22.9 Å². The first-order chi connectivity index (χ1) is 13.8. The Kier molecular flexibility index (Phi) is 5.02. The molecule has 0 unspecified atom stereocenters. The molecule has 0 aliphatic rings.